The highest BCUT2D eigenvalue weighted by Crippen LogP contribution is 2.20. The number of hydrogen-bond acceptors (Lipinski definition) is 2. The molecule has 2 N–H and O–H groups in total. The van der Waals surface area contributed by atoms with E-state index in [4.69, 9.17) is 0 Å². The van der Waals surface area contributed by atoms with E-state index in [-0.39, 0.29) is 6.03 Å². The van der Waals surface area contributed by atoms with Gasteiger partial charge in [-0.25, -0.2) is 4.79 Å². The van der Waals surface area contributed by atoms with Crippen LogP contribution in [0.15, 0.2) is 54.6 Å². The summed E-state index contributed by atoms with van der Waals surface area (Å²) in [5, 5.41) is 12.7. The number of carbonyl (C=O) groups is 1. The molecule has 1 heterocycles. The molecule has 2 aromatic carbocycles. The summed E-state index contributed by atoms with van der Waals surface area (Å²) in [6, 6.07) is 17.9. The Kier molecular flexibility index (Phi) is 4.93. The minimum absolute atomic E-state index is 0.135. The van der Waals surface area contributed by atoms with Gasteiger partial charge in [-0.15, -0.1) is 0 Å². The van der Waals surface area contributed by atoms with Crippen LogP contribution < -0.4 is 5.32 Å². The number of anilines is 1. The zero-order valence-electron chi connectivity index (χ0n) is 13.1. The molecule has 2 aromatic rings. The molecule has 23 heavy (non-hydrogen) atoms. The highest BCUT2D eigenvalue weighted by molar-refractivity contribution is 5.90. The van der Waals surface area contributed by atoms with Gasteiger partial charge in [0.25, 0.3) is 0 Å². The quantitative estimate of drug-likeness (QED) is 0.914. The van der Waals surface area contributed by atoms with Crippen molar-refractivity contribution in [3.05, 3.63) is 65.7 Å². The molecule has 0 bridgehead atoms. The maximum atomic E-state index is 12.4. The van der Waals surface area contributed by atoms with Gasteiger partial charge in [0.05, 0.1) is 6.10 Å². The number of amides is 2. The summed E-state index contributed by atoms with van der Waals surface area (Å²) in [6.45, 7) is 1.11. The van der Waals surface area contributed by atoms with E-state index in [2.05, 4.69) is 17.4 Å². The van der Waals surface area contributed by atoms with Crippen molar-refractivity contribution < 1.29 is 9.90 Å². The van der Waals surface area contributed by atoms with Crippen molar-refractivity contribution in [3.63, 3.8) is 0 Å². The van der Waals surface area contributed by atoms with Crippen LogP contribution in [0.1, 0.15) is 24.0 Å². The third-order valence-corrected chi connectivity index (χ3v) is 4.18. The second-order valence-corrected chi connectivity index (χ2v) is 5.99. The van der Waals surface area contributed by atoms with Crippen molar-refractivity contribution in [2.24, 2.45) is 0 Å². The highest BCUT2D eigenvalue weighted by atomic mass is 16.3. The Balaban J connectivity index is 1.71. The molecule has 1 unspecified atom stereocenters. The Bertz CT molecular complexity index is 657. The van der Waals surface area contributed by atoms with Crippen LogP contribution in [-0.4, -0.2) is 35.2 Å². The van der Waals surface area contributed by atoms with Gasteiger partial charge in [0.2, 0.25) is 0 Å². The first kappa shape index (κ1) is 15.6. The molecule has 1 atom stereocenters. The molecule has 1 aliphatic rings. The lowest BCUT2D eigenvalue weighted by atomic mass is 10.0. The number of para-hydroxylation sites is 1. The van der Waals surface area contributed by atoms with E-state index < -0.39 is 6.10 Å². The molecule has 3 rings (SSSR count). The van der Waals surface area contributed by atoms with E-state index in [0.717, 1.165) is 30.5 Å². The smallest absolute Gasteiger partial charge is 0.321 e. The van der Waals surface area contributed by atoms with E-state index in [1.807, 2.05) is 42.5 Å². The molecule has 1 saturated heterocycles. The SMILES string of the molecule is O=C(Nc1ccccc1Cc1ccccc1)N1CCCC(O)C1. The second kappa shape index (κ2) is 7.29. The van der Waals surface area contributed by atoms with E-state index in [9.17, 15) is 9.90 Å². The van der Waals surface area contributed by atoms with Gasteiger partial charge in [0.1, 0.15) is 0 Å². The lowest BCUT2D eigenvalue weighted by Gasteiger charge is -2.30. The summed E-state index contributed by atoms with van der Waals surface area (Å²) in [4.78, 5) is 14.1. The van der Waals surface area contributed by atoms with E-state index >= 15 is 0 Å². The van der Waals surface area contributed by atoms with Crippen molar-refractivity contribution in [2.45, 2.75) is 25.4 Å². The molecule has 0 spiro atoms. The fourth-order valence-electron chi connectivity index (χ4n) is 2.95. The van der Waals surface area contributed by atoms with Crippen molar-refractivity contribution >= 4 is 11.7 Å². The second-order valence-electron chi connectivity index (χ2n) is 5.99. The zero-order valence-corrected chi connectivity index (χ0v) is 13.1. The van der Waals surface area contributed by atoms with Crippen LogP contribution in [0.25, 0.3) is 0 Å². The summed E-state index contributed by atoms with van der Waals surface area (Å²) < 4.78 is 0. The Morgan fingerprint density at radius 3 is 2.65 bits per heavy atom. The minimum atomic E-state index is -0.408. The Hall–Kier alpha value is -2.33. The Morgan fingerprint density at radius 1 is 1.13 bits per heavy atom. The summed E-state index contributed by atoms with van der Waals surface area (Å²) in [5.74, 6) is 0. The average molecular weight is 310 g/mol. The van der Waals surface area contributed by atoms with Crippen LogP contribution >= 0.6 is 0 Å². The summed E-state index contributed by atoms with van der Waals surface area (Å²) in [7, 11) is 0. The van der Waals surface area contributed by atoms with Crippen molar-refractivity contribution in [3.8, 4) is 0 Å². The number of nitrogens with one attached hydrogen (secondary N) is 1. The van der Waals surface area contributed by atoms with Gasteiger partial charge in [0, 0.05) is 18.8 Å². The molecule has 0 aromatic heterocycles. The van der Waals surface area contributed by atoms with Crippen molar-refractivity contribution in [1.29, 1.82) is 0 Å². The molecule has 1 aliphatic heterocycles. The first-order valence-electron chi connectivity index (χ1n) is 8.08. The normalized spacial score (nSPS) is 17.8. The first-order chi connectivity index (χ1) is 11.2. The van der Waals surface area contributed by atoms with E-state index in [0.29, 0.717) is 13.1 Å². The average Bonchev–Trinajstić information content (AvgIpc) is 2.57. The van der Waals surface area contributed by atoms with Crippen LogP contribution in [0.2, 0.25) is 0 Å². The van der Waals surface area contributed by atoms with Crippen molar-refractivity contribution in [1.82, 2.24) is 4.90 Å². The van der Waals surface area contributed by atoms with Gasteiger partial charge >= 0.3 is 6.03 Å². The van der Waals surface area contributed by atoms with Crippen LogP contribution in [0, 0.1) is 0 Å². The number of piperidine rings is 1. The number of nitrogens with zero attached hydrogens (tertiary/aromatic N) is 1. The van der Waals surface area contributed by atoms with Gasteiger partial charge in [-0.2, -0.15) is 0 Å². The third kappa shape index (κ3) is 4.11. The van der Waals surface area contributed by atoms with Gasteiger partial charge < -0.3 is 15.3 Å². The number of benzene rings is 2. The van der Waals surface area contributed by atoms with Crippen LogP contribution in [0.4, 0.5) is 10.5 Å². The predicted molar refractivity (Wildman–Crippen MR) is 91.5 cm³/mol. The maximum absolute atomic E-state index is 12.4. The van der Waals surface area contributed by atoms with Gasteiger partial charge in [-0.05, 0) is 36.5 Å². The fraction of sp³-hybridized carbons (Fsp3) is 0.316. The third-order valence-electron chi connectivity index (χ3n) is 4.18. The zero-order chi connectivity index (χ0) is 16.1. The largest absolute Gasteiger partial charge is 0.391 e. The van der Waals surface area contributed by atoms with E-state index in [1.165, 1.54) is 5.56 Å². The molecule has 120 valence electrons. The number of likely N-dealkylation sites (tertiary alicyclic amines) is 1. The van der Waals surface area contributed by atoms with Gasteiger partial charge in [0.15, 0.2) is 0 Å². The molecule has 0 aliphatic carbocycles. The van der Waals surface area contributed by atoms with Crippen molar-refractivity contribution in [2.75, 3.05) is 18.4 Å². The molecular formula is C19H22N2O2. The first-order valence-corrected chi connectivity index (χ1v) is 8.08. The molecule has 0 radical (unpaired) electrons. The molecule has 0 saturated carbocycles. The molecule has 2 amide bonds. The number of aliphatic hydroxyl groups is 1. The maximum Gasteiger partial charge on any atom is 0.321 e. The molecule has 1 fully saturated rings. The van der Waals surface area contributed by atoms with E-state index in [1.54, 1.807) is 4.90 Å². The number of carbonyl (C=O) groups excluding carboxylic acids is 1. The monoisotopic (exact) mass is 310 g/mol. The lowest BCUT2D eigenvalue weighted by molar-refractivity contribution is 0.0883. The number of hydrogen-bond donors (Lipinski definition) is 2. The Labute approximate surface area is 136 Å². The number of rotatable bonds is 3. The fourth-order valence-corrected chi connectivity index (χ4v) is 2.95. The number of β-amino-alcohol motifs (C(OH)–C–C–N with tert-alkyl or cyclic N) is 1. The summed E-state index contributed by atoms with van der Waals surface area (Å²) >= 11 is 0. The van der Waals surface area contributed by atoms with Crippen LogP contribution in [-0.2, 0) is 6.42 Å². The standard InChI is InChI=1S/C19H22N2O2/c22-17-10-6-12-21(14-17)19(23)20-18-11-5-4-9-16(18)13-15-7-2-1-3-8-15/h1-5,7-9,11,17,22H,6,10,12-14H2,(H,20,23). The predicted octanol–water partition coefficient (Wildman–Crippen LogP) is 3.27. The number of aliphatic hydroxyl groups excluding tert-OH is 1. The molecule has 4 heteroatoms. The van der Waals surface area contributed by atoms with Gasteiger partial charge in [-0.3, -0.25) is 0 Å². The van der Waals surface area contributed by atoms with Gasteiger partial charge in [-0.1, -0.05) is 48.5 Å². The highest BCUT2D eigenvalue weighted by Gasteiger charge is 2.22. The number of urea groups is 1. The Morgan fingerprint density at radius 2 is 1.87 bits per heavy atom. The minimum Gasteiger partial charge on any atom is -0.391 e. The lowest BCUT2D eigenvalue weighted by Crippen LogP contribution is -2.44. The van der Waals surface area contributed by atoms with Crippen LogP contribution in [0.3, 0.4) is 0 Å². The summed E-state index contributed by atoms with van der Waals surface area (Å²) in [5.41, 5.74) is 3.13. The molecule has 4 nitrogen and oxygen atoms in total. The molecular weight excluding hydrogens is 288 g/mol. The van der Waals surface area contributed by atoms with Crippen LogP contribution in [0.5, 0.6) is 0 Å². The topological polar surface area (TPSA) is 52.6 Å². The summed E-state index contributed by atoms with van der Waals surface area (Å²) in [6.07, 6.45) is 1.99.